The first-order valence-electron chi connectivity index (χ1n) is 12.9. The Kier molecular flexibility index (Phi) is 6.73. The van der Waals surface area contributed by atoms with Gasteiger partial charge in [0, 0.05) is 61.9 Å². The van der Waals surface area contributed by atoms with Gasteiger partial charge < -0.3 is 19.3 Å². The third-order valence-corrected chi connectivity index (χ3v) is 8.31. The van der Waals surface area contributed by atoms with Gasteiger partial charge in [0.25, 0.3) is 5.91 Å². The molecule has 1 saturated heterocycles. The Bertz CT molecular complexity index is 1550. The molecule has 1 unspecified atom stereocenters. The molecular formula is C27H29FN8O2S. The minimum Gasteiger partial charge on any atom is -0.367 e. The zero-order valence-electron chi connectivity index (χ0n) is 21.8. The molecule has 3 aromatic heterocycles. The predicted molar refractivity (Wildman–Crippen MR) is 147 cm³/mol. The number of pyridine rings is 1. The number of halogens is 1. The summed E-state index contributed by atoms with van der Waals surface area (Å²) in [6.07, 6.45) is 4.17. The summed E-state index contributed by atoms with van der Waals surface area (Å²) in [5, 5.41) is 3.42. The van der Waals surface area contributed by atoms with E-state index in [9.17, 15) is 14.0 Å². The Morgan fingerprint density at radius 1 is 1.18 bits per heavy atom. The summed E-state index contributed by atoms with van der Waals surface area (Å²) < 4.78 is 16.1. The van der Waals surface area contributed by atoms with Crippen LogP contribution < -0.4 is 10.2 Å². The van der Waals surface area contributed by atoms with Crippen molar-refractivity contribution in [1.82, 2.24) is 29.3 Å². The second-order valence-corrected chi connectivity index (χ2v) is 11.2. The van der Waals surface area contributed by atoms with E-state index < -0.39 is 11.7 Å². The number of likely N-dealkylation sites (N-methyl/N-ethyl adjacent to an activating group) is 1. The Morgan fingerprint density at radius 3 is 2.90 bits per heavy atom. The molecule has 1 fully saturated rings. The van der Waals surface area contributed by atoms with Crippen molar-refractivity contribution in [3.8, 4) is 0 Å². The van der Waals surface area contributed by atoms with Crippen LogP contribution in [-0.2, 0) is 24.3 Å². The highest BCUT2D eigenvalue weighted by molar-refractivity contribution is 7.15. The molecule has 0 saturated carbocycles. The summed E-state index contributed by atoms with van der Waals surface area (Å²) in [4.78, 5) is 47.0. The van der Waals surface area contributed by atoms with E-state index in [1.807, 2.05) is 28.9 Å². The first kappa shape index (κ1) is 25.4. The Balaban J connectivity index is 1.15. The number of piperazine rings is 1. The van der Waals surface area contributed by atoms with E-state index >= 15 is 0 Å². The first-order chi connectivity index (χ1) is 18.9. The molecule has 2 aliphatic rings. The molecule has 6 rings (SSSR count). The van der Waals surface area contributed by atoms with Crippen LogP contribution in [0.25, 0.3) is 11.2 Å². The number of hydrogen-bond acceptors (Lipinski definition) is 8. The van der Waals surface area contributed by atoms with Crippen LogP contribution >= 0.6 is 11.3 Å². The van der Waals surface area contributed by atoms with Crippen LogP contribution in [0.15, 0.2) is 42.9 Å². The highest BCUT2D eigenvalue weighted by Gasteiger charge is 2.30. The van der Waals surface area contributed by atoms with Gasteiger partial charge in [-0.25, -0.2) is 19.3 Å². The number of nitrogens with one attached hydrogen (secondary N) is 1. The third-order valence-electron chi connectivity index (χ3n) is 7.31. The number of aromatic nitrogens is 4. The van der Waals surface area contributed by atoms with Gasteiger partial charge in [-0.15, -0.1) is 11.3 Å². The van der Waals surface area contributed by atoms with Gasteiger partial charge in [0.2, 0.25) is 5.91 Å². The van der Waals surface area contributed by atoms with E-state index in [0.29, 0.717) is 36.1 Å². The van der Waals surface area contributed by atoms with Crippen LogP contribution in [0.3, 0.4) is 0 Å². The minimum absolute atomic E-state index is 0.0254. The standard InChI is InChI=1S/C27H29FN8O2S/c1-17-13-34(10-11-36(17)24(37)15-35-16-30-21-4-3-8-29-25(21)35)22-6-5-18(28)12-19(22)26(38)32-27-31-20-7-9-33(2)14-23(20)39-27/h3-6,8,12,16-17H,7,9-11,13-15H2,1-2H3,(H,31,32,38). The van der Waals surface area contributed by atoms with Gasteiger partial charge in [-0.05, 0) is 44.3 Å². The number of nitrogens with zero attached hydrogens (tertiary/aromatic N) is 7. The molecule has 1 aromatic carbocycles. The van der Waals surface area contributed by atoms with E-state index in [4.69, 9.17) is 0 Å². The van der Waals surface area contributed by atoms with E-state index in [1.54, 1.807) is 23.2 Å². The molecule has 2 amide bonds. The molecule has 4 aromatic rings. The second-order valence-electron chi connectivity index (χ2n) is 10.1. The average molecular weight is 549 g/mol. The van der Waals surface area contributed by atoms with Crippen molar-refractivity contribution >= 4 is 45.1 Å². The molecule has 0 spiro atoms. The van der Waals surface area contributed by atoms with Crippen molar-refractivity contribution in [2.45, 2.75) is 32.5 Å². The average Bonchev–Trinajstić information content (AvgIpc) is 3.51. The summed E-state index contributed by atoms with van der Waals surface area (Å²) in [6.45, 7) is 5.37. The molecule has 1 atom stereocenters. The lowest BCUT2D eigenvalue weighted by atomic mass is 10.1. The summed E-state index contributed by atoms with van der Waals surface area (Å²) >= 11 is 1.47. The lowest BCUT2D eigenvalue weighted by Gasteiger charge is -2.41. The van der Waals surface area contributed by atoms with Gasteiger partial charge in [0.15, 0.2) is 10.8 Å². The molecule has 39 heavy (non-hydrogen) atoms. The lowest BCUT2D eigenvalue weighted by molar-refractivity contribution is -0.134. The maximum absolute atomic E-state index is 14.3. The van der Waals surface area contributed by atoms with Crippen LogP contribution in [-0.4, -0.2) is 80.4 Å². The third kappa shape index (κ3) is 5.09. The maximum atomic E-state index is 14.3. The SMILES string of the molecule is CC1CN(c2ccc(F)cc2C(=O)Nc2nc3c(s2)CN(C)CC3)CCN1C(=O)Cn1cnc2cccnc21. The van der Waals surface area contributed by atoms with Crippen LogP contribution in [0.5, 0.6) is 0 Å². The number of hydrogen-bond donors (Lipinski definition) is 1. The monoisotopic (exact) mass is 548 g/mol. The highest BCUT2D eigenvalue weighted by Crippen LogP contribution is 2.30. The smallest absolute Gasteiger partial charge is 0.259 e. The van der Waals surface area contributed by atoms with Crippen LogP contribution in [0.2, 0.25) is 0 Å². The number of anilines is 2. The molecular weight excluding hydrogens is 519 g/mol. The maximum Gasteiger partial charge on any atom is 0.259 e. The number of benzene rings is 1. The number of fused-ring (bicyclic) bond motifs is 2. The predicted octanol–water partition coefficient (Wildman–Crippen LogP) is 3.00. The van der Waals surface area contributed by atoms with Crippen molar-refractivity contribution < 1.29 is 14.0 Å². The van der Waals surface area contributed by atoms with Crippen LogP contribution in [0.4, 0.5) is 15.2 Å². The van der Waals surface area contributed by atoms with Gasteiger partial charge >= 0.3 is 0 Å². The fourth-order valence-corrected chi connectivity index (χ4v) is 6.39. The first-order valence-corrected chi connectivity index (χ1v) is 13.8. The Hall–Kier alpha value is -3.90. The topological polar surface area (TPSA) is 99.5 Å². The number of carbonyl (C=O) groups is 2. The molecule has 0 bridgehead atoms. The number of amides is 2. The molecule has 5 heterocycles. The van der Waals surface area contributed by atoms with Crippen molar-refractivity contribution in [2.75, 3.05) is 43.4 Å². The molecule has 12 heteroatoms. The van der Waals surface area contributed by atoms with Crippen molar-refractivity contribution in [3.05, 3.63) is 64.8 Å². The van der Waals surface area contributed by atoms with E-state index in [1.165, 1.54) is 23.5 Å². The van der Waals surface area contributed by atoms with Gasteiger partial charge in [0.1, 0.15) is 17.9 Å². The largest absolute Gasteiger partial charge is 0.367 e. The minimum atomic E-state index is -0.480. The normalized spacial score (nSPS) is 17.9. The summed E-state index contributed by atoms with van der Waals surface area (Å²) in [6, 6.07) is 7.84. The fourth-order valence-electron chi connectivity index (χ4n) is 5.30. The zero-order valence-corrected chi connectivity index (χ0v) is 22.6. The van der Waals surface area contributed by atoms with Gasteiger partial charge in [-0.2, -0.15) is 0 Å². The highest BCUT2D eigenvalue weighted by atomic mass is 32.1. The van der Waals surface area contributed by atoms with E-state index in [2.05, 4.69) is 32.2 Å². The summed E-state index contributed by atoms with van der Waals surface area (Å²) in [5.41, 5.74) is 3.33. The molecule has 10 nitrogen and oxygen atoms in total. The molecule has 0 aliphatic carbocycles. The quantitative estimate of drug-likeness (QED) is 0.409. The number of rotatable bonds is 5. The number of imidazole rings is 1. The molecule has 1 N–H and O–H groups in total. The zero-order chi connectivity index (χ0) is 27.1. The van der Waals surface area contributed by atoms with Gasteiger partial charge in [-0.1, -0.05) is 0 Å². The molecule has 2 aliphatic heterocycles. The van der Waals surface area contributed by atoms with E-state index in [0.717, 1.165) is 35.6 Å². The van der Waals surface area contributed by atoms with Gasteiger partial charge in [0.05, 0.1) is 17.6 Å². The molecule has 0 radical (unpaired) electrons. The van der Waals surface area contributed by atoms with Crippen molar-refractivity contribution in [1.29, 1.82) is 0 Å². The van der Waals surface area contributed by atoms with Crippen molar-refractivity contribution in [2.24, 2.45) is 0 Å². The van der Waals surface area contributed by atoms with E-state index in [-0.39, 0.29) is 24.1 Å². The Morgan fingerprint density at radius 2 is 2.05 bits per heavy atom. The molecule has 202 valence electrons. The summed E-state index contributed by atoms with van der Waals surface area (Å²) in [5.74, 6) is -0.899. The van der Waals surface area contributed by atoms with Gasteiger partial charge in [-0.3, -0.25) is 14.9 Å². The second kappa shape index (κ2) is 10.3. The Labute approximate surface area is 229 Å². The number of carbonyl (C=O) groups excluding carboxylic acids is 2. The van der Waals surface area contributed by atoms with Crippen LogP contribution in [0.1, 0.15) is 27.9 Å². The lowest BCUT2D eigenvalue weighted by Crippen LogP contribution is -2.55. The van der Waals surface area contributed by atoms with Crippen LogP contribution in [0, 0.1) is 5.82 Å². The summed E-state index contributed by atoms with van der Waals surface area (Å²) in [7, 11) is 2.06. The fraction of sp³-hybridized carbons (Fsp3) is 0.370. The number of thiazole rings is 1. The van der Waals surface area contributed by atoms with Crippen molar-refractivity contribution in [3.63, 3.8) is 0 Å².